The highest BCUT2D eigenvalue weighted by Gasteiger charge is 2.31. The molecule has 0 saturated carbocycles. The van der Waals surface area contributed by atoms with Crippen LogP contribution < -0.4 is 11.1 Å². The van der Waals surface area contributed by atoms with E-state index >= 15 is 0 Å². The number of thiazole rings is 1. The number of thioether (sulfide) groups is 1. The molecular weight excluding hydrogens is 444 g/mol. The van der Waals surface area contributed by atoms with Crippen molar-refractivity contribution in [3.05, 3.63) is 79.7 Å². The van der Waals surface area contributed by atoms with Crippen LogP contribution in [0, 0.1) is 5.82 Å². The standard InChI is InChI=1S/C18H10F4N4O2S2/c19-12-5-10(18(20,21)22)2-1-9(12)7-29-17-25-15-14(30-8-24-15)16(28)26(17)11-3-4-13(27)23-6-11/h1-6,8H,7H2,(H,23,27). The molecule has 6 nitrogen and oxygen atoms in total. The maximum atomic E-state index is 14.2. The van der Waals surface area contributed by atoms with Crippen LogP contribution >= 0.6 is 23.1 Å². The van der Waals surface area contributed by atoms with Crippen molar-refractivity contribution in [2.45, 2.75) is 17.1 Å². The quantitative estimate of drug-likeness (QED) is 0.287. The van der Waals surface area contributed by atoms with Crippen LogP contribution in [-0.4, -0.2) is 19.5 Å². The van der Waals surface area contributed by atoms with E-state index in [-0.39, 0.29) is 27.7 Å². The molecule has 30 heavy (non-hydrogen) atoms. The van der Waals surface area contributed by atoms with Gasteiger partial charge in [-0.3, -0.25) is 14.2 Å². The van der Waals surface area contributed by atoms with Gasteiger partial charge in [-0.05, 0) is 23.8 Å². The first-order valence-electron chi connectivity index (χ1n) is 8.28. The van der Waals surface area contributed by atoms with Crippen LogP contribution in [0.25, 0.3) is 16.0 Å². The van der Waals surface area contributed by atoms with Gasteiger partial charge in [0.25, 0.3) is 5.56 Å². The maximum absolute atomic E-state index is 14.2. The number of hydrogen-bond acceptors (Lipinski definition) is 6. The lowest BCUT2D eigenvalue weighted by atomic mass is 10.1. The third kappa shape index (κ3) is 3.87. The smallest absolute Gasteiger partial charge is 0.327 e. The summed E-state index contributed by atoms with van der Waals surface area (Å²) in [5.74, 6) is -1.08. The number of aromatic nitrogens is 4. The van der Waals surface area contributed by atoms with Gasteiger partial charge >= 0.3 is 6.18 Å². The lowest BCUT2D eigenvalue weighted by Gasteiger charge is -2.12. The van der Waals surface area contributed by atoms with Crippen LogP contribution in [-0.2, 0) is 11.9 Å². The van der Waals surface area contributed by atoms with E-state index in [4.69, 9.17) is 0 Å². The van der Waals surface area contributed by atoms with E-state index in [1.54, 1.807) is 0 Å². The van der Waals surface area contributed by atoms with Crippen LogP contribution in [0.4, 0.5) is 17.6 Å². The predicted molar refractivity (Wildman–Crippen MR) is 105 cm³/mol. The van der Waals surface area contributed by atoms with Crippen molar-refractivity contribution in [2.24, 2.45) is 0 Å². The molecule has 0 spiro atoms. The first kappa shape index (κ1) is 20.3. The Morgan fingerprint density at radius 2 is 1.97 bits per heavy atom. The summed E-state index contributed by atoms with van der Waals surface area (Å²) in [4.78, 5) is 35.1. The van der Waals surface area contributed by atoms with Crippen LogP contribution in [0.3, 0.4) is 0 Å². The van der Waals surface area contributed by atoms with Gasteiger partial charge in [-0.1, -0.05) is 17.8 Å². The van der Waals surface area contributed by atoms with Crippen molar-refractivity contribution in [1.82, 2.24) is 19.5 Å². The molecular formula is C18H10F4N4O2S2. The minimum absolute atomic E-state index is 0.0219. The van der Waals surface area contributed by atoms with Crippen LogP contribution in [0.1, 0.15) is 11.1 Å². The molecule has 4 rings (SSSR count). The summed E-state index contributed by atoms with van der Waals surface area (Å²) in [6, 6.07) is 4.95. The summed E-state index contributed by atoms with van der Waals surface area (Å²) < 4.78 is 53.9. The van der Waals surface area contributed by atoms with E-state index in [1.807, 2.05) is 0 Å². The van der Waals surface area contributed by atoms with Gasteiger partial charge in [0.05, 0.1) is 16.8 Å². The molecule has 1 aromatic carbocycles. The Morgan fingerprint density at radius 1 is 1.17 bits per heavy atom. The number of nitrogens with one attached hydrogen (secondary N) is 1. The minimum atomic E-state index is -4.64. The molecule has 0 saturated heterocycles. The average Bonchev–Trinajstić information content (AvgIpc) is 3.16. The Hall–Kier alpha value is -2.99. The number of fused-ring (bicyclic) bond motifs is 1. The Kier molecular flexibility index (Phi) is 5.20. The van der Waals surface area contributed by atoms with Crippen LogP contribution in [0.5, 0.6) is 0 Å². The summed E-state index contributed by atoms with van der Waals surface area (Å²) in [6.07, 6.45) is -3.31. The van der Waals surface area contributed by atoms with Gasteiger partial charge in [0.1, 0.15) is 10.5 Å². The zero-order chi connectivity index (χ0) is 21.5. The fourth-order valence-electron chi connectivity index (χ4n) is 2.64. The van der Waals surface area contributed by atoms with Gasteiger partial charge in [0.2, 0.25) is 5.56 Å². The van der Waals surface area contributed by atoms with Gasteiger partial charge in [-0.15, -0.1) is 11.3 Å². The average molecular weight is 454 g/mol. The molecule has 0 atom stereocenters. The zero-order valence-electron chi connectivity index (χ0n) is 14.7. The molecule has 0 radical (unpaired) electrons. The molecule has 0 unspecified atom stereocenters. The van der Waals surface area contributed by atoms with E-state index in [1.165, 1.54) is 28.4 Å². The predicted octanol–water partition coefficient (Wildman–Crippen LogP) is 3.98. The van der Waals surface area contributed by atoms with Crippen LogP contribution in [0.15, 0.2) is 56.8 Å². The summed E-state index contributed by atoms with van der Waals surface area (Å²) in [5, 5.41) is 0.157. The van der Waals surface area contributed by atoms with Crippen LogP contribution in [0.2, 0.25) is 0 Å². The molecule has 1 N–H and O–H groups in total. The number of aromatic amines is 1. The molecule has 12 heteroatoms. The lowest BCUT2D eigenvalue weighted by molar-refractivity contribution is -0.137. The molecule has 0 aliphatic carbocycles. The second-order valence-electron chi connectivity index (χ2n) is 6.04. The molecule has 3 heterocycles. The molecule has 154 valence electrons. The Bertz CT molecular complexity index is 1340. The number of alkyl halides is 3. The molecule has 0 aliphatic heterocycles. The second kappa shape index (κ2) is 7.69. The molecule has 0 fully saturated rings. The van der Waals surface area contributed by atoms with Crippen molar-refractivity contribution in [2.75, 3.05) is 0 Å². The number of halogens is 4. The third-order valence-corrected chi connectivity index (χ3v) is 5.89. The molecule has 4 aromatic rings. The van der Waals surface area contributed by atoms with E-state index < -0.39 is 23.1 Å². The monoisotopic (exact) mass is 454 g/mol. The summed E-state index contributed by atoms with van der Waals surface area (Å²) in [5.41, 5.74) is 0.151. The fraction of sp³-hybridized carbons (Fsp3) is 0.111. The van der Waals surface area contributed by atoms with Crippen molar-refractivity contribution in [3.8, 4) is 5.69 Å². The fourth-order valence-corrected chi connectivity index (χ4v) is 4.28. The highest BCUT2D eigenvalue weighted by atomic mass is 32.2. The van der Waals surface area contributed by atoms with Gasteiger partial charge in [-0.25, -0.2) is 14.4 Å². The maximum Gasteiger partial charge on any atom is 0.416 e. The number of pyridine rings is 1. The van der Waals surface area contributed by atoms with E-state index in [2.05, 4.69) is 15.0 Å². The van der Waals surface area contributed by atoms with Gasteiger partial charge in [0.15, 0.2) is 10.8 Å². The van der Waals surface area contributed by atoms with Crippen molar-refractivity contribution >= 4 is 33.4 Å². The highest BCUT2D eigenvalue weighted by molar-refractivity contribution is 7.98. The number of benzene rings is 1. The molecule has 0 aliphatic rings. The third-order valence-electron chi connectivity index (χ3n) is 4.10. The SMILES string of the molecule is O=c1ccc(-n2c(SCc3ccc(C(F)(F)F)cc3F)nc3ncsc3c2=O)c[nH]1. The molecule has 0 amide bonds. The molecule has 3 aromatic heterocycles. The topological polar surface area (TPSA) is 80.6 Å². The highest BCUT2D eigenvalue weighted by Crippen LogP contribution is 2.32. The van der Waals surface area contributed by atoms with Gasteiger partial charge in [0, 0.05) is 18.0 Å². The summed E-state index contributed by atoms with van der Waals surface area (Å²) in [7, 11) is 0. The van der Waals surface area contributed by atoms with Gasteiger partial charge in [-0.2, -0.15) is 13.2 Å². The number of rotatable bonds is 4. The lowest BCUT2D eigenvalue weighted by Crippen LogP contribution is -2.22. The van der Waals surface area contributed by atoms with E-state index in [0.717, 1.165) is 35.2 Å². The normalized spacial score (nSPS) is 11.9. The Labute approximate surface area is 173 Å². The first-order chi connectivity index (χ1) is 14.2. The number of hydrogen-bond donors (Lipinski definition) is 1. The second-order valence-corrected chi connectivity index (χ2v) is 7.84. The summed E-state index contributed by atoms with van der Waals surface area (Å²) >= 11 is 2.06. The number of nitrogens with zero attached hydrogens (tertiary/aromatic N) is 3. The Balaban J connectivity index is 1.74. The van der Waals surface area contributed by atoms with E-state index in [9.17, 15) is 27.2 Å². The molecule has 0 bridgehead atoms. The first-order valence-corrected chi connectivity index (χ1v) is 10.1. The van der Waals surface area contributed by atoms with Gasteiger partial charge < -0.3 is 4.98 Å². The van der Waals surface area contributed by atoms with Crippen molar-refractivity contribution in [1.29, 1.82) is 0 Å². The summed E-state index contributed by atoms with van der Waals surface area (Å²) in [6.45, 7) is 0. The minimum Gasteiger partial charge on any atom is -0.327 e. The van der Waals surface area contributed by atoms with E-state index in [0.29, 0.717) is 16.5 Å². The van der Waals surface area contributed by atoms with Crippen molar-refractivity contribution < 1.29 is 17.6 Å². The zero-order valence-corrected chi connectivity index (χ0v) is 16.4. The largest absolute Gasteiger partial charge is 0.416 e. The van der Waals surface area contributed by atoms with Crippen molar-refractivity contribution in [3.63, 3.8) is 0 Å². The number of H-pyrrole nitrogens is 1. The Morgan fingerprint density at radius 3 is 2.63 bits per heavy atom.